The third-order valence-electron chi connectivity index (χ3n) is 9.08. The fourth-order valence-electron chi connectivity index (χ4n) is 6.63. The first-order chi connectivity index (χ1) is 24.6. The molecule has 260 valence electrons. The molecule has 3 saturated heterocycles. The maximum atomic E-state index is 13.8. The Hall–Kier alpha value is -5.85. The summed E-state index contributed by atoms with van der Waals surface area (Å²) in [6.07, 6.45) is -4.96. The summed E-state index contributed by atoms with van der Waals surface area (Å²) in [4.78, 5) is 68.9. The molecule has 4 aromatic carbocycles. The predicted molar refractivity (Wildman–Crippen MR) is 182 cm³/mol. The molecular formula is C39H34N2O10. The zero-order valence-electron chi connectivity index (χ0n) is 27.9. The minimum absolute atomic E-state index is 0.442. The van der Waals surface area contributed by atoms with E-state index in [0.717, 1.165) is 5.56 Å². The second-order valence-corrected chi connectivity index (χ2v) is 12.7. The molecule has 0 aromatic heterocycles. The van der Waals surface area contributed by atoms with Gasteiger partial charge in [0.1, 0.15) is 24.1 Å². The van der Waals surface area contributed by atoms with Crippen molar-refractivity contribution in [2.45, 2.75) is 56.1 Å². The van der Waals surface area contributed by atoms with Crippen LogP contribution in [0.1, 0.15) is 47.4 Å². The minimum Gasteiger partial charge on any atom is -0.497 e. The zero-order valence-corrected chi connectivity index (χ0v) is 27.9. The molecule has 51 heavy (non-hydrogen) atoms. The lowest BCUT2D eigenvalue weighted by Crippen LogP contribution is -2.62. The van der Waals surface area contributed by atoms with Gasteiger partial charge in [0.25, 0.3) is 11.8 Å². The molecule has 0 spiro atoms. The number of hydrogen-bond acceptors (Lipinski definition) is 10. The third kappa shape index (κ3) is 6.24. The number of β-lactam (4-membered cyclic amide) rings is 2. The van der Waals surface area contributed by atoms with E-state index in [-0.39, 0.29) is 0 Å². The van der Waals surface area contributed by atoms with Crippen LogP contribution >= 0.6 is 0 Å². The third-order valence-corrected chi connectivity index (χ3v) is 9.08. The smallest absolute Gasteiger partial charge is 0.339 e. The number of methoxy groups -OCH3 is 1. The Labute approximate surface area is 293 Å². The van der Waals surface area contributed by atoms with Crippen molar-refractivity contribution in [1.82, 2.24) is 0 Å². The molecule has 3 fully saturated rings. The molecular weight excluding hydrogens is 656 g/mol. The highest BCUT2D eigenvalue weighted by Gasteiger charge is 2.58. The average molecular weight is 691 g/mol. The van der Waals surface area contributed by atoms with E-state index in [2.05, 4.69) is 0 Å². The highest BCUT2D eigenvalue weighted by molar-refractivity contribution is 6.07. The molecule has 0 saturated carbocycles. The summed E-state index contributed by atoms with van der Waals surface area (Å²) in [6.45, 7) is 3.05. The van der Waals surface area contributed by atoms with E-state index in [1.807, 2.05) is 36.4 Å². The van der Waals surface area contributed by atoms with Gasteiger partial charge in [0.2, 0.25) is 12.2 Å². The van der Waals surface area contributed by atoms with Crippen molar-refractivity contribution in [3.8, 4) is 5.75 Å². The lowest BCUT2D eigenvalue weighted by molar-refractivity contribution is -0.181. The van der Waals surface area contributed by atoms with Crippen molar-refractivity contribution < 1.29 is 47.7 Å². The van der Waals surface area contributed by atoms with E-state index in [1.54, 1.807) is 79.9 Å². The average Bonchev–Trinajstić information content (AvgIpc) is 3.49. The molecule has 2 amide bonds. The molecule has 12 nitrogen and oxygen atoms in total. The molecule has 3 heterocycles. The normalized spacial score (nSPS) is 25.0. The SMILES string of the molecule is COc1ccc(N2C(=O)[C@H](OC(=O)[C@@H]3OC(C)(C)O[C@H]3C(=O)O[C@H]3C(=O)N(c4ccc(C=O)cc4)[C@H]3c3ccccc3)[C@@H]2c2ccccc2)cc1. The Morgan fingerprint density at radius 1 is 0.647 bits per heavy atom. The standard InChI is InChI=1S/C39H34N2O10/c1-39(2)50-33(37(45)48-31-29(24-10-6-4-7-11-24)40(35(31)43)26-16-14-23(22-42)15-17-26)34(51-39)38(46)49-32-30(25-12-8-5-9-13-25)41(36(32)44)27-18-20-28(47-3)21-19-27/h4-22,29-34H,1-3H3/t29-,30-,31+,32+,33+,34+/m0/s1. The Morgan fingerprint density at radius 2 is 1.06 bits per heavy atom. The minimum atomic E-state index is -1.60. The number of rotatable bonds is 10. The molecule has 0 unspecified atom stereocenters. The van der Waals surface area contributed by atoms with Gasteiger partial charge in [-0.15, -0.1) is 0 Å². The lowest BCUT2D eigenvalue weighted by Gasteiger charge is -2.46. The fourth-order valence-corrected chi connectivity index (χ4v) is 6.63. The monoisotopic (exact) mass is 690 g/mol. The Morgan fingerprint density at radius 3 is 1.45 bits per heavy atom. The molecule has 0 aliphatic carbocycles. The first-order valence-electron chi connectivity index (χ1n) is 16.3. The first-order valence-corrected chi connectivity index (χ1v) is 16.3. The number of ether oxygens (including phenoxy) is 5. The lowest BCUT2D eigenvalue weighted by atomic mass is 9.89. The van der Waals surface area contributed by atoms with Crippen LogP contribution in [0, 0.1) is 0 Å². The van der Waals surface area contributed by atoms with Crippen LogP contribution in [0.15, 0.2) is 109 Å². The molecule has 0 bridgehead atoms. The summed E-state index contributed by atoms with van der Waals surface area (Å²) in [5, 5.41) is 0. The van der Waals surface area contributed by atoms with E-state index in [9.17, 15) is 24.0 Å². The number of carbonyl (C=O) groups is 5. The number of benzene rings is 4. The van der Waals surface area contributed by atoms with Gasteiger partial charge < -0.3 is 23.7 Å². The van der Waals surface area contributed by atoms with E-state index < -0.39 is 66.0 Å². The maximum absolute atomic E-state index is 13.8. The molecule has 0 N–H and O–H groups in total. The van der Waals surface area contributed by atoms with Gasteiger partial charge in [-0.2, -0.15) is 0 Å². The van der Waals surface area contributed by atoms with Crippen molar-refractivity contribution in [2.24, 2.45) is 0 Å². The van der Waals surface area contributed by atoms with E-state index in [0.29, 0.717) is 34.5 Å². The molecule has 3 aliphatic rings. The topological polar surface area (TPSA) is 138 Å². The molecule has 12 heteroatoms. The second kappa shape index (κ2) is 13.5. The summed E-state index contributed by atoms with van der Waals surface area (Å²) < 4.78 is 28.5. The van der Waals surface area contributed by atoms with E-state index in [4.69, 9.17) is 23.7 Å². The number of carbonyl (C=O) groups excluding carboxylic acids is 5. The number of aldehydes is 1. The van der Waals surface area contributed by atoms with Crippen molar-refractivity contribution >= 4 is 41.4 Å². The Kier molecular flexibility index (Phi) is 8.88. The van der Waals surface area contributed by atoms with Crippen LogP contribution in [0.2, 0.25) is 0 Å². The largest absolute Gasteiger partial charge is 0.497 e. The van der Waals surface area contributed by atoms with Crippen LogP contribution in [0.25, 0.3) is 0 Å². The summed E-state index contributed by atoms with van der Waals surface area (Å²) in [7, 11) is 1.54. The van der Waals surface area contributed by atoms with Crippen LogP contribution in [0.4, 0.5) is 11.4 Å². The summed E-state index contributed by atoms with van der Waals surface area (Å²) in [6, 6.07) is 30.2. The predicted octanol–water partition coefficient (Wildman–Crippen LogP) is 4.73. The van der Waals surface area contributed by atoms with Gasteiger partial charge in [0, 0.05) is 16.9 Å². The first kappa shape index (κ1) is 33.6. The molecule has 3 aliphatic heterocycles. The number of nitrogens with zero attached hydrogens (tertiary/aromatic N) is 2. The van der Waals surface area contributed by atoms with Crippen LogP contribution < -0.4 is 14.5 Å². The summed E-state index contributed by atoms with van der Waals surface area (Å²) in [5.41, 5.74) is 2.96. The van der Waals surface area contributed by atoms with Gasteiger partial charge in [-0.1, -0.05) is 60.7 Å². The van der Waals surface area contributed by atoms with Gasteiger partial charge in [-0.3, -0.25) is 24.2 Å². The maximum Gasteiger partial charge on any atom is 0.339 e. The van der Waals surface area contributed by atoms with Gasteiger partial charge in [-0.25, -0.2) is 9.59 Å². The zero-order chi connectivity index (χ0) is 35.9. The van der Waals surface area contributed by atoms with Crippen LogP contribution in [0.5, 0.6) is 5.75 Å². The van der Waals surface area contributed by atoms with Crippen molar-refractivity contribution in [3.05, 3.63) is 126 Å². The van der Waals surface area contributed by atoms with Gasteiger partial charge >= 0.3 is 11.9 Å². The van der Waals surface area contributed by atoms with Gasteiger partial charge in [0.05, 0.1) is 7.11 Å². The molecule has 6 atom stereocenters. The highest BCUT2D eigenvalue weighted by atomic mass is 16.8. The van der Waals surface area contributed by atoms with Crippen LogP contribution in [0.3, 0.4) is 0 Å². The van der Waals surface area contributed by atoms with Crippen molar-refractivity contribution in [3.63, 3.8) is 0 Å². The van der Waals surface area contributed by atoms with Crippen molar-refractivity contribution in [2.75, 3.05) is 16.9 Å². The van der Waals surface area contributed by atoms with E-state index in [1.165, 1.54) is 23.6 Å². The fraction of sp³-hybridized carbons (Fsp3) is 0.256. The summed E-state index contributed by atoms with van der Waals surface area (Å²) in [5.74, 6) is -3.75. The molecule has 4 aromatic rings. The van der Waals surface area contributed by atoms with Crippen LogP contribution in [-0.2, 0) is 38.1 Å². The highest BCUT2D eigenvalue weighted by Crippen LogP contribution is 2.44. The number of esters is 2. The van der Waals surface area contributed by atoms with Gasteiger partial charge in [0.15, 0.2) is 18.0 Å². The second-order valence-electron chi connectivity index (χ2n) is 12.7. The van der Waals surface area contributed by atoms with Gasteiger partial charge in [-0.05, 0) is 73.5 Å². The summed E-state index contributed by atoms with van der Waals surface area (Å²) >= 11 is 0. The number of anilines is 2. The van der Waals surface area contributed by atoms with Crippen molar-refractivity contribution in [1.29, 1.82) is 0 Å². The quantitative estimate of drug-likeness (QED) is 0.131. The number of hydrogen-bond donors (Lipinski definition) is 0. The number of amides is 2. The molecule has 7 rings (SSSR count). The molecule has 0 radical (unpaired) electrons. The van der Waals surface area contributed by atoms with E-state index >= 15 is 0 Å². The Balaban J connectivity index is 1.11. The van der Waals surface area contributed by atoms with Crippen LogP contribution in [-0.4, -0.2) is 67.4 Å². The Bertz CT molecular complexity index is 1950.